The lowest BCUT2D eigenvalue weighted by molar-refractivity contribution is -0.137. The van der Waals surface area contributed by atoms with Gasteiger partial charge < -0.3 is 15.5 Å². The molecule has 0 saturated carbocycles. The zero-order valence-electron chi connectivity index (χ0n) is 15.9. The highest BCUT2D eigenvalue weighted by molar-refractivity contribution is 7.22. The molecule has 0 fully saturated rings. The van der Waals surface area contributed by atoms with Crippen LogP contribution in [0.4, 0.5) is 24.9 Å². The Kier molecular flexibility index (Phi) is 6.04. The number of halogens is 3. The van der Waals surface area contributed by atoms with Crippen molar-refractivity contribution in [2.75, 3.05) is 44.9 Å². The Morgan fingerprint density at radius 1 is 1.14 bits per heavy atom. The molecule has 3 rings (SSSR count). The van der Waals surface area contributed by atoms with E-state index in [1.807, 2.05) is 20.2 Å². The number of alkyl halides is 3. The zero-order chi connectivity index (χ0) is 20.3. The average Bonchev–Trinajstić information content (AvgIpc) is 3.08. The van der Waals surface area contributed by atoms with Gasteiger partial charge in [-0.1, -0.05) is 12.1 Å². The van der Waals surface area contributed by atoms with Crippen LogP contribution in [-0.4, -0.2) is 49.1 Å². The number of anilines is 2. The van der Waals surface area contributed by atoms with E-state index >= 15 is 0 Å². The Bertz CT molecular complexity index is 952. The Labute approximate surface area is 165 Å². The molecule has 9 heteroatoms. The third-order valence-corrected chi connectivity index (χ3v) is 5.32. The van der Waals surface area contributed by atoms with Crippen molar-refractivity contribution in [2.45, 2.75) is 12.6 Å². The maximum atomic E-state index is 13.0. The molecule has 2 N–H and O–H groups in total. The first-order valence-corrected chi connectivity index (χ1v) is 9.65. The quantitative estimate of drug-likeness (QED) is 0.550. The lowest BCUT2D eigenvalue weighted by atomic mass is 10.1. The second kappa shape index (κ2) is 8.32. The Morgan fingerprint density at radius 3 is 2.61 bits per heavy atom. The topological polar surface area (TPSA) is 53.1 Å². The first-order chi connectivity index (χ1) is 13.3. The van der Waals surface area contributed by atoms with Crippen LogP contribution < -0.4 is 10.6 Å². The van der Waals surface area contributed by atoms with Crippen molar-refractivity contribution >= 4 is 33.3 Å². The molecule has 3 aromatic rings. The summed E-state index contributed by atoms with van der Waals surface area (Å²) in [6, 6.07) is 7.15. The lowest BCUT2D eigenvalue weighted by Crippen LogP contribution is -2.16. The van der Waals surface area contributed by atoms with Crippen LogP contribution in [0.1, 0.15) is 12.0 Å². The molecule has 0 atom stereocenters. The van der Waals surface area contributed by atoms with E-state index in [0.29, 0.717) is 22.8 Å². The fourth-order valence-electron chi connectivity index (χ4n) is 2.75. The average molecular weight is 409 g/mol. The van der Waals surface area contributed by atoms with E-state index in [9.17, 15) is 13.2 Å². The van der Waals surface area contributed by atoms with Gasteiger partial charge in [0, 0.05) is 18.5 Å². The summed E-state index contributed by atoms with van der Waals surface area (Å²) in [5.74, 6) is 1.16. The van der Waals surface area contributed by atoms with Crippen LogP contribution in [0.2, 0.25) is 0 Å². The first kappa shape index (κ1) is 20.3. The largest absolute Gasteiger partial charge is 0.416 e. The van der Waals surface area contributed by atoms with E-state index in [2.05, 4.69) is 25.5 Å². The Hall–Kier alpha value is -2.39. The molecule has 5 nitrogen and oxygen atoms in total. The van der Waals surface area contributed by atoms with E-state index in [0.717, 1.165) is 35.2 Å². The number of thiophene rings is 1. The fourth-order valence-corrected chi connectivity index (χ4v) is 3.81. The van der Waals surface area contributed by atoms with Gasteiger partial charge in [-0.25, -0.2) is 4.98 Å². The minimum Gasteiger partial charge on any atom is -0.369 e. The van der Waals surface area contributed by atoms with Gasteiger partial charge in [-0.3, -0.25) is 0 Å². The van der Waals surface area contributed by atoms with Gasteiger partial charge in [-0.2, -0.15) is 18.2 Å². The molecule has 2 aromatic heterocycles. The van der Waals surface area contributed by atoms with Crippen LogP contribution in [-0.2, 0) is 6.18 Å². The van der Waals surface area contributed by atoms with E-state index < -0.39 is 11.7 Å². The maximum absolute atomic E-state index is 13.0. The first-order valence-electron chi connectivity index (χ1n) is 8.83. The van der Waals surface area contributed by atoms with Crippen molar-refractivity contribution in [1.29, 1.82) is 0 Å². The molecule has 0 amide bonds. The van der Waals surface area contributed by atoms with Crippen molar-refractivity contribution in [3.63, 3.8) is 0 Å². The van der Waals surface area contributed by atoms with Crippen molar-refractivity contribution in [3.8, 4) is 10.4 Å². The molecule has 1 aromatic carbocycles. The minimum absolute atomic E-state index is 0.469. The van der Waals surface area contributed by atoms with Crippen molar-refractivity contribution in [3.05, 3.63) is 35.9 Å². The SMILES string of the molecule is CNc1nc(NCCCN(C)C)c2sc(-c3cccc(C(F)(F)F)c3)cc2n1. The molecule has 0 aliphatic carbocycles. The molecular weight excluding hydrogens is 387 g/mol. The number of nitrogens with zero attached hydrogens (tertiary/aromatic N) is 3. The summed E-state index contributed by atoms with van der Waals surface area (Å²) in [7, 11) is 5.77. The number of hydrogen-bond donors (Lipinski definition) is 2. The lowest BCUT2D eigenvalue weighted by Gasteiger charge is -2.11. The van der Waals surface area contributed by atoms with E-state index in [1.165, 1.54) is 23.5 Å². The molecule has 0 aliphatic rings. The molecule has 0 unspecified atom stereocenters. The molecule has 2 heterocycles. The van der Waals surface area contributed by atoms with Gasteiger partial charge in [0.15, 0.2) is 0 Å². The highest BCUT2D eigenvalue weighted by atomic mass is 32.1. The van der Waals surface area contributed by atoms with Gasteiger partial charge in [0.25, 0.3) is 0 Å². The third-order valence-electron chi connectivity index (χ3n) is 4.14. The summed E-state index contributed by atoms with van der Waals surface area (Å²) >= 11 is 1.39. The number of hydrogen-bond acceptors (Lipinski definition) is 6. The second-order valence-electron chi connectivity index (χ2n) is 6.63. The second-order valence-corrected chi connectivity index (χ2v) is 7.69. The summed E-state index contributed by atoms with van der Waals surface area (Å²) < 4.78 is 39.9. The van der Waals surface area contributed by atoms with Gasteiger partial charge in [0.2, 0.25) is 5.95 Å². The summed E-state index contributed by atoms with van der Waals surface area (Å²) in [5, 5.41) is 6.26. The summed E-state index contributed by atoms with van der Waals surface area (Å²) in [6.07, 6.45) is -3.43. The smallest absolute Gasteiger partial charge is 0.369 e. The van der Waals surface area contributed by atoms with Gasteiger partial charge in [0.05, 0.1) is 15.8 Å². The van der Waals surface area contributed by atoms with Crippen molar-refractivity contribution in [1.82, 2.24) is 14.9 Å². The highest BCUT2D eigenvalue weighted by Gasteiger charge is 2.30. The van der Waals surface area contributed by atoms with Crippen LogP contribution in [0.3, 0.4) is 0 Å². The summed E-state index contributed by atoms with van der Waals surface area (Å²) in [5.41, 5.74) is 0.556. The van der Waals surface area contributed by atoms with E-state index in [4.69, 9.17) is 0 Å². The van der Waals surface area contributed by atoms with E-state index in [-0.39, 0.29) is 0 Å². The normalized spacial score (nSPS) is 12.0. The Balaban J connectivity index is 1.95. The molecule has 0 aliphatic heterocycles. The molecule has 28 heavy (non-hydrogen) atoms. The Morgan fingerprint density at radius 2 is 1.93 bits per heavy atom. The van der Waals surface area contributed by atoms with Crippen LogP contribution in [0.5, 0.6) is 0 Å². The number of nitrogens with one attached hydrogen (secondary N) is 2. The van der Waals surface area contributed by atoms with Crippen molar-refractivity contribution < 1.29 is 13.2 Å². The van der Waals surface area contributed by atoms with Gasteiger partial charge in [-0.05, 0) is 50.8 Å². The van der Waals surface area contributed by atoms with Gasteiger partial charge >= 0.3 is 6.18 Å². The molecule has 0 radical (unpaired) electrons. The monoisotopic (exact) mass is 409 g/mol. The van der Waals surface area contributed by atoms with Crippen LogP contribution in [0, 0.1) is 0 Å². The van der Waals surface area contributed by atoms with Gasteiger partial charge in [0.1, 0.15) is 5.82 Å². The predicted octanol–water partition coefficient (Wildman–Crippen LogP) is 4.78. The number of aromatic nitrogens is 2. The van der Waals surface area contributed by atoms with E-state index in [1.54, 1.807) is 13.1 Å². The van der Waals surface area contributed by atoms with Crippen LogP contribution in [0.15, 0.2) is 30.3 Å². The number of rotatable bonds is 7. The number of benzene rings is 1. The molecule has 0 spiro atoms. The fraction of sp³-hybridized carbons (Fsp3) is 0.368. The minimum atomic E-state index is -4.37. The van der Waals surface area contributed by atoms with Gasteiger partial charge in [-0.15, -0.1) is 11.3 Å². The highest BCUT2D eigenvalue weighted by Crippen LogP contribution is 2.38. The predicted molar refractivity (Wildman–Crippen MR) is 109 cm³/mol. The standard InChI is InChI=1S/C19H22F3N5S/c1-23-18-25-14-11-15(12-6-4-7-13(10-12)19(20,21)22)28-16(14)17(26-18)24-8-5-9-27(2)3/h4,6-7,10-11H,5,8-9H2,1-3H3,(H2,23,24,25,26). The van der Waals surface area contributed by atoms with Crippen LogP contribution >= 0.6 is 11.3 Å². The summed E-state index contributed by atoms with van der Waals surface area (Å²) in [6.45, 7) is 1.68. The molecule has 0 saturated heterocycles. The van der Waals surface area contributed by atoms with Crippen molar-refractivity contribution in [2.24, 2.45) is 0 Å². The molecule has 0 bridgehead atoms. The zero-order valence-corrected chi connectivity index (χ0v) is 16.7. The molecule has 150 valence electrons. The summed E-state index contributed by atoms with van der Waals surface area (Å²) in [4.78, 5) is 11.8. The molecular formula is C19H22F3N5S. The number of fused-ring (bicyclic) bond motifs is 1. The maximum Gasteiger partial charge on any atom is 0.416 e. The third kappa shape index (κ3) is 4.71. The van der Waals surface area contributed by atoms with Crippen LogP contribution in [0.25, 0.3) is 20.7 Å².